The van der Waals surface area contributed by atoms with Gasteiger partial charge in [-0.25, -0.2) is 13.6 Å². The highest BCUT2D eigenvalue weighted by Crippen LogP contribution is 2.37. The summed E-state index contributed by atoms with van der Waals surface area (Å²) in [5.41, 5.74) is 1.87. The lowest BCUT2D eigenvalue weighted by atomic mass is 10.0. The van der Waals surface area contributed by atoms with Gasteiger partial charge in [-0.15, -0.1) is 0 Å². The number of primary sulfonamides is 1. The van der Waals surface area contributed by atoms with Crippen molar-refractivity contribution < 1.29 is 17.9 Å². The molecule has 0 saturated heterocycles. The van der Waals surface area contributed by atoms with Gasteiger partial charge in [0.05, 0.1) is 17.1 Å². The van der Waals surface area contributed by atoms with Gasteiger partial charge in [-0.3, -0.25) is 4.79 Å². The summed E-state index contributed by atoms with van der Waals surface area (Å²) >= 11 is 0. The number of benzene rings is 2. The number of nitrogens with two attached hydrogens (primary N) is 1. The average Bonchev–Trinajstić information content (AvgIpc) is 2.67. The molecule has 0 bridgehead atoms. The van der Waals surface area contributed by atoms with Crippen molar-refractivity contribution in [3.63, 3.8) is 0 Å². The average molecular weight is 376 g/mol. The number of rotatable bonds is 3. The second kappa shape index (κ2) is 8.33. The zero-order valence-electron chi connectivity index (χ0n) is 15.2. The van der Waals surface area contributed by atoms with Gasteiger partial charge in [-0.2, -0.15) is 0 Å². The molecule has 1 aliphatic heterocycles. The standard InChI is InChI=1S/C17H18N2O4S.C2H6/c1-2-17(20)19-9-10-23-15-11-12(7-8-14(15)19)13-5-3-4-6-16(13)24(18,21)22;1-2/h3-8,11H,2,9-10H2,1H3,(H2,18,21,22);1-2H3. The van der Waals surface area contributed by atoms with E-state index in [1.807, 2.05) is 20.8 Å². The highest BCUT2D eigenvalue weighted by Gasteiger charge is 2.24. The number of fused-ring (bicyclic) bond motifs is 1. The molecule has 6 nitrogen and oxygen atoms in total. The molecule has 0 fully saturated rings. The van der Waals surface area contributed by atoms with Crippen LogP contribution in [0.15, 0.2) is 47.4 Å². The molecule has 3 rings (SSSR count). The SMILES string of the molecule is CC.CCC(=O)N1CCOc2cc(-c3ccccc3S(N)(=O)=O)ccc21. The van der Waals surface area contributed by atoms with Crippen LogP contribution >= 0.6 is 0 Å². The summed E-state index contributed by atoms with van der Waals surface area (Å²) in [7, 11) is -3.84. The van der Waals surface area contributed by atoms with Gasteiger partial charge in [0.15, 0.2) is 0 Å². The third kappa shape index (κ3) is 4.05. The Labute approximate surface area is 154 Å². The van der Waals surface area contributed by atoms with Crippen molar-refractivity contribution in [1.29, 1.82) is 0 Å². The molecular weight excluding hydrogens is 352 g/mol. The molecule has 1 heterocycles. The van der Waals surface area contributed by atoms with Crippen molar-refractivity contribution in [3.05, 3.63) is 42.5 Å². The second-order valence-corrected chi connectivity index (χ2v) is 7.00. The van der Waals surface area contributed by atoms with Crippen LogP contribution in [-0.4, -0.2) is 27.5 Å². The molecule has 0 atom stereocenters. The Morgan fingerprint density at radius 2 is 1.88 bits per heavy atom. The van der Waals surface area contributed by atoms with E-state index in [4.69, 9.17) is 9.88 Å². The number of nitrogens with zero attached hydrogens (tertiary/aromatic N) is 1. The third-order valence-corrected chi connectivity index (χ3v) is 4.90. The summed E-state index contributed by atoms with van der Waals surface area (Å²) in [6.45, 7) is 6.72. The van der Waals surface area contributed by atoms with E-state index < -0.39 is 10.0 Å². The van der Waals surface area contributed by atoms with Crippen LogP contribution in [0, 0.1) is 0 Å². The Morgan fingerprint density at radius 1 is 1.19 bits per heavy atom. The molecular formula is C19H24N2O4S. The summed E-state index contributed by atoms with van der Waals surface area (Å²) in [5.74, 6) is 0.585. The summed E-state index contributed by atoms with van der Waals surface area (Å²) in [6.07, 6.45) is 0.412. The monoisotopic (exact) mass is 376 g/mol. The first-order valence-electron chi connectivity index (χ1n) is 8.61. The predicted octanol–water partition coefficient (Wildman–Crippen LogP) is 3.16. The maximum atomic E-state index is 12.0. The lowest BCUT2D eigenvalue weighted by molar-refractivity contribution is -0.118. The Bertz CT molecular complexity index is 894. The molecule has 2 aromatic carbocycles. The van der Waals surface area contributed by atoms with Gasteiger partial charge >= 0.3 is 0 Å². The van der Waals surface area contributed by atoms with Crippen molar-refractivity contribution in [2.45, 2.75) is 32.1 Å². The molecule has 0 aliphatic carbocycles. The molecule has 1 amide bonds. The van der Waals surface area contributed by atoms with Crippen LogP contribution in [0.4, 0.5) is 5.69 Å². The fourth-order valence-electron chi connectivity index (χ4n) is 2.79. The lowest BCUT2D eigenvalue weighted by Crippen LogP contribution is -2.37. The summed E-state index contributed by atoms with van der Waals surface area (Å²) in [4.78, 5) is 13.8. The van der Waals surface area contributed by atoms with E-state index in [9.17, 15) is 13.2 Å². The summed E-state index contributed by atoms with van der Waals surface area (Å²) in [5, 5.41) is 5.30. The highest BCUT2D eigenvalue weighted by atomic mass is 32.2. The number of hydrogen-bond acceptors (Lipinski definition) is 4. The number of hydrogen-bond donors (Lipinski definition) is 1. The smallest absolute Gasteiger partial charge is 0.238 e. The van der Waals surface area contributed by atoms with Gasteiger partial charge in [0, 0.05) is 12.0 Å². The molecule has 0 saturated carbocycles. The zero-order chi connectivity index (χ0) is 19.3. The second-order valence-electron chi connectivity index (χ2n) is 5.47. The molecule has 26 heavy (non-hydrogen) atoms. The number of carbonyl (C=O) groups excluding carboxylic acids is 1. The van der Waals surface area contributed by atoms with Crippen molar-refractivity contribution >= 4 is 21.6 Å². The van der Waals surface area contributed by atoms with Gasteiger partial charge in [0.1, 0.15) is 12.4 Å². The first kappa shape index (κ1) is 19.9. The van der Waals surface area contributed by atoms with Crippen LogP contribution in [0.1, 0.15) is 27.2 Å². The van der Waals surface area contributed by atoms with Crippen LogP contribution in [0.3, 0.4) is 0 Å². The molecule has 0 spiro atoms. The third-order valence-electron chi connectivity index (χ3n) is 3.93. The van der Waals surface area contributed by atoms with Crippen LogP contribution in [-0.2, 0) is 14.8 Å². The van der Waals surface area contributed by atoms with Gasteiger partial charge in [0.25, 0.3) is 0 Å². The first-order valence-corrected chi connectivity index (χ1v) is 10.2. The van der Waals surface area contributed by atoms with Crippen LogP contribution < -0.4 is 14.8 Å². The Balaban J connectivity index is 0.00000117. The molecule has 2 aromatic rings. The number of amides is 1. The van der Waals surface area contributed by atoms with E-state index in [0.29, 0.717) is 42.1 Å². The van der Waals surface area contributed by atoms with Gasteiger partial charge in [0.2, 0.25) is 15.9 Å². The van der Waals surface area contributed by atoms with Crippen molar-refractivity contribution in [3.8, 4) is 16.9 Å². The molecule has 140 valence electrons. The minimum atomic E-state index is -3.84. The largest absolute Gasteiger partial charge is 0.490 e. The summed E-state index contributed by atoms with van der Waals surface area (Å²) in [6, 6.07) is 11.8. The van der Waals surface area contributed by atoms with Crippen molar-refractivity contribution in [2.24, 2.45) is 5.14 Å². The van der Waals surface area contributed by atoms with E-state index in [1.165, 1.54) is 6.07 Å². The Hall–Kier alpha value is -2.38. The number of anilines is 1. The topological polar surface area (TPSA) is 89.7 Å². The first-order chi connectivity index (χ1) is 12.4. The van der Waals surface area contributed by atoms with Gasteiger partial charge in [-0.05, 0) is 23.8 Å². The lowest BCUT2D eigenvalue weighted by Gasteiger charge is -2.29. The van der Waals surface area contributed by atoms with E-state index in [-0.39, 0.29) is 10.8 Å². The van der Waals surface area contributed by atoms with E-state index >= 15 is 0 Å². The Morgan fingerprint density at radius 3 is 2.54 bits per heavy atom. The molecule has 1 aliphatic rings. The number of carbonyl (C=O) groups is 1. The van der Waals surface area contributed by atoms with E-state index in [2.05, 4.69) is 0 Å². The summed E-state index contributed by atoms with van der Waals surface area (Å²) < 4.78 is 29.2. The highest BCUT2D eigenvalue weighted by molar-refractivity contribution is 7.89. The minimum Gasteiger partial charge on any atom is -0.490 e. The van der Waals surface area contributed by atoms with Gasteiger partial charge in [-0.1, -0.05) is 45.0 Å². The molecule has 0 aromatic heterocycles. The van der Waals surface area contributed by atoms with Crippen LogP contribution in [0.25, 0.3) is 11.1 Å². The maximum absolute atomic E-state index is 12.0. The maximum Gasteiger partial charge on any atom is 0.238 e. The number of sulfonamides is 1. The number of ether oxygens (including phenoxy) is 1. The molecule has 7 heteroatoms. The van der Waals surface area contributed by atoms with E-state index in [1.54, 1.807) is 41.3 Å². The molecule has 0 unspecified atom stereocenters. The van der Waals surface area contributed by atoms with Crippen molar-refractivity contribution in [2.75, 3.05) is 18.1 Å². The molecule has 2 N–H and O–H groups in total. The quantitative estimate of drug-likeness (QED) is 0.891. The fourth-order valence-corrected chi connectivity index (χ4v) is 3.55. The predicted molar refractivity (Wildman–Crippen MR) is 103 cm³/mol. The normalized spacial score (nSPS) is 13.2. The van der Waals surface area contributed by atoms with Crippen LogP contribution in [0.5, 0.6) is 5.75 Å². The Kier molecular flexibility index (Phi) is 6.39. The van der Waals surface area contributed by atoms with E-state index in [0.717, 1.165) is 0 Å². The fraction of sp³-hybridized carbons (Fsp3) is 0.316. The van der Waals surface area contributed by atoms with Gasteiger partial charge < -0.3 is 9.64 Å². The minimum absolute atomic E-state index is 0.0252. The molecule has 0 radical (unpaired) electrons. The van der Waals surface area contributed by atoms with Crippen LogP contribution in [0.2, 0.25) is 0 Å². The zero-order valence-corrected chi connectivity index (χ0v) is 16.0. The van der Waals surface area contributed by atoms with Crippen molar-refractivity contribution in [1.82, 2.24) is 0 Å².